The quantitative estimate of drug-likeness (QED) is 0.459. The number of hydrogen-bond donors (Lipinski definition) is 0. The number of rotatable bonds is 7. The van der Waals surface area contributed by atoms with Crippen molar-refractivity contribution >= 4 is 0 Å². The van der Waals surface area contributed by atoms with Gasteiger partial charge in [-0.05, 0) is 0 Å². The minimum absolute atomic E-state index is 2.00. The summed E-state index contributed by atoms with van der Waals surface area (Å²) < 4.78 is 199. The Morgan fingerprint density at radius 1 is 0.464 bits per heavy atom. The fourth-order valence-corrected chi connectivity index (χ4v) is 1.22. The van der Waals surface area contributed by atoms with Gasteiger partial charge < -0.3 is 0 Å². The van der Waals surface area contributed by atoms with Gasteiger partial charge in [-0.2, -0.15) is 70.2 Å². The van der Waals surface area contributed by atoms with E-state index in [2.05, 4.69) is 0 Å². The summed E-state index contributed by atoms with van der Waals surface area (Å²) in [6.45, 7) is 0. The first kappa shape index (κ1) is 26.8. The zero-order chi connectivity index (χ0) is 23.4. The summed E-state index contributed by atoms with van der Waals surface area (Å²) in [6.07, 6.45) is -23.8. The second kappa shape index (κ2) is 6.94. The average molecular weight is 457 g/mol. The van der Waals surface area contributed by atoms with E-state index in [1.54, 1.807) is 0 Å². The zero-order valence-corrected chi connectivity index (χ0v) is 11.9. The first-order chi connectivity index (χ1) is 11.8. The van der Waals surface area contributed by atoms with Crippen LogP contribution < -0.4 is 0 Å². The van der Waals surface area contributed by atoms with Crippen LogP contribution >= 0.6 is 0 Å². The molecule has 0 amide bonds. The SMILES string of the molecule is [O][C]([CH][C]([O])C(F)(F)C(F)(F)C(F)(F)C(F)(F)C(F)(F)C(F)(F)F)C(F)(F)F. The maximum absolute atomic E-state index is 13.1. The molecule has 5 radical (unpaired) electrons. The van der Waals surface area contributed by atoms with Gasteiger partial charge in [0.1, 0.15) is 0 Å². The van der Waals surface area contributed by atoms with Gasteiger partial charge in [-0.1, -0.05) is 0 Å². The van der Waals surface area contributed by atoms with Crippen LogP contribution in [0, 0.1) is 18.6 Å². The Bertz CT molecular complexity index is 547. The predicted molar refractivity (Wildman–Crippen MR) is 49.0 cm³/mol. The minimum Gasteiger partial charge on any atom is -0.218 e. The van der Waals surface area contributed by atoms with Crippen molar-refractivity contribution in [2.45, 2.75) is 42.0 Å². The van der Waals surface area contributed by atoms with Gasteiger partial charge in [0.2, 0.25) is 12.2 Å². The maximum atomic E-state index is 13.1. The van der Waals surface area contributed by atoms with Crippen LogP contribution in [0.1, 0.15) is 0 Å². The van der Waals surface area contributed by atoms with E-state index >= 15 is 0 Å². The normalized spacial score (nSPS) is 16.3. The van der Waals surface area contributed by atoms with Crippen LogP contribution in [0.25, 0.3) is 0 Å². The third-order valence-electron chi connectivity index (χ3n) is 2.78. The van der Waals surface area contributed by atoms with E-state index in [0.29, 0.717) is 0 Å². The van der Waals surface area contributed by atoms with Crippen molar-refractivity contribution in [2.75, 3.05) is 0 Å². The van der Waals surface area contributed by atoms with Gasteiger partial charge in [0, 0.05) is 0 Å². The zero-order valence-electron chi connectivity index (χ0n) is 11.9. The molecule has 0 N–H and O–H groups in total. The summed E-state index contributed by atoms with van der Waals surface area (Å²) in [4.78, 5) is 0. The molecule has 0 aromatic heterocycles. The van der Waals surface area contributed by atoms with E-state index in [9.17, 15) is 80.5 Å². The summed E-state index contributed by atoms with van der Waals surface area (Å²) in [5, 5.41) is 20.8. The van der Waals surface area contributed by atoms with Crippen LogP contribution in [0.5, 0.6) is 0 Å². The lowest BCUT2D eigenvalue weighted by Crippen LogP contribution is -2.70. The molecule has 0 saturated heterocycles. The molecule has 0 heterocycles. The molecular weight excluding hydrogens is 456 g/mol. The lowest BCUT2D eigenvalue weighted by molar-refractivity contribution is -0.440. The van der Waals surface area contributed by atoms with Crippen LogP contribution in [0.3, 0.4) is 0 Å². The van der Waals surface area contributed by atoms with Gasteiger partial charge in [-0.15, -0.1) is 0 Å². The Morgan fingerprint density at radius 3 is 1.07 bits per heavy atom. The largest absolute Gasteiger partial charge is 0.460 e. The fourth-order valence-electron chi connectivity index (χ4n) is 1.22. The van der Waals surface area contributed by atoms with Crippen LogP contribution in [0.2, 0.25) is 0 Å². The lowest BCUT2D eigenvalue weighted by Gasteiger charge is -2.40. The molecule has 28 heavy (non-hydrogen) atoms. The number of hydrogen-bond acceptors (Lipinski definition) is 0. The summed E-state index contributed by atoms with van der Waals surface area (Å²) in [5.74, 6) is -40.3. The van der Waals surface area contributed by atoms with Crippen molar-refractivity contribution in [1.29, 1.82) is 0 Å². The van der Waals surface area contributed by atoms with E-state index in [1.807, 2.05) is 0 Å². The molecule has 0 spiro atoms. The summed E-state index contributed by atoms with van der Waals surface area (Å²) in [6, 6.07) is 0. The molecule has 0 fully saturated rings. The Kier molecular flexibility index (Phi) is 6.65. The third-order valence-corrected chi connectivity index (χ3v) is 2.78. The van der Waals surface area contributed by atoms with Gasteiger partial charge in [0.25, 0.3) is 0 Å². The molecule has 0 aliphatic rings. The number of alkyl halides is 16. The molecule has 0 aliphatic carbocycles. The molecule has 0 atom stereocenters. The fraction of sp³-hybridized carbons (Fsp3) is 0.700. The van der Waals surface area contributed by atoms with Crippen LogP contribution in [-0.2, 0) is 10.2 Å². The lowest BCUT2D eigenvalue weighted by atomic mass is 9.90. The van der Waals surface area contributed by atoms with E-state index in [4.69, 9.17) is 0 Å². The Balaban J connectivity index is 6.18. The minimum atomic E-state index is -8.35. The van der Waals surface area contributed by atoms with E-state index in [0.717, 1.165) is 0 Å². The van der Waals surface area contributed by atoms with Crippen LogP contribution in [0.15, 0.2) is 0 Å². The van der Waals surface area contributed by atoms with Crippen molar-refractivity contribution < 1.29 is 80.5 Å². The van der Waals surface area contributed by atoms with Gasteiger partial charge in [-0.25, -0.2) is 10.2 Å². The predicted octanol–water partition coefficient (Wildman–Crippen LogP) is 5.42. The molecule has 18 heteroatoms. The maximum Gasteiger partial charge on any atom is 0.460 e. The topological polar surface area (TPSA) is 39.8 Å². The number of halogens is 16. The highest BCUT2D eigenvalue weighted by Gasteiger charge is 2.91. The summed E-state index contributed by atoms with van der Waals surface area (Å²) in [7, 11) is 0. The van der Waals surface area contributed by atoms with Gasteiger partial charge >= 0.3 is 42.0 Å². The van der Waals surface area contributed by atoms with Crippen molar-refractivity contribution in [3.05, 3.63) is 18.6 Å². The molecule has 0 bridgehead atoms. The molecule has 0 rings (SSSR count). The van der Waals surface area contributed by atoms with Gasteiger partial charge in [0.15, 0.2) is 0 Å². The Labute approximate surface area is 142 Å². The van der Waals surface area contributed by atoms with E-state index in [-0.39, 0.29) is 0 Å². The highest BCUT2D eigenvalue weighted by atomic mass is 19.4. The van der Waals surface area contributed by atoms with Crippen molar-refractivity contribution in [3.8, 4) is 0 Å². The van der Waals surface area contributed by atoms with Crippen molar-refractivity contribution in [2.24, 2.45) is 0 Å². The molecule has 0 aromatic rings. The molecular formula is C10HF16O2. The van der Waals surface area contributed by atoms with E-state index in [1.165, 1.54) is 0 Å². The monoisotopic (exact) mass is 457 g/mol. The summed E-state index contributed by atoms with van der Waals surface area (Å²) >= 11 is 0. The smallest absolute Gasteiger partial charge is 0.218 e. The average Bonchev–Trinajstić information content (AvgIpc) is 2.43. The Hall–Kier alpha value is -1.20. The first-order valence-electron chi connectivity index (χ1n) is 5.76. The Morgan fingerprint density at radius 2 is 0.786 bits per heavy atom. The second-order valence-corrected chi connectivity index (χ2v) is 4.74. The third kappa shape index (κ3) is 3.93. The van der Waals surface area contributed by atoms with Gasteiger partial charge in [0.05, 0.1) is 6.42 Å². The molecule has 0 aliphatic heterocycles. The van der Waals surface area contributed by atoms with Crippen LogP contribution in [-0.4, -0.2) is 42.0 Å². The summed E-state index contributed by atoms with van der Waals surface area (Å²) in [5.41, 5.74) is 0. The molecule has 2 nitrogen and oxygen atoms in total. The van der Waals surface area contributed by atoms with Crippen molar-refractivity contribution in [3.63, 3.8) is 0 Å². The molecule has 165 valence electrons. The van der Waals surface area contributed by atoms with Crippen molar-refractivity contribution in [1.82, 2.24) is 0 Å². The molecule has 0 unspecified atom stereocenters. The standard InChI is InChI=1S/C10HF16O2/c11-4(12,2(27)1-3(28)5(13,14)15)6(16,17)7(18,19)8(20,21)9(22,23)10(24,25)26/h1H. The highest BCUT2D eigenvalue weighted by molar-refractivity contribution is 5.23. The molecule has 0 aromatic carbocycles. The first-order valence-corrected chi connectivity index (χ1v) is 5.76. The van der Waals surface area contributed by atoms with Gasteiger partial charge in [-0.3, -0.25) is 0 Å². The van der Waals surface area contributed by atoms with E-state index < -0.39 is 60.6 Å². The highest BCUT2D eigenvalue weighted by Crippen LogP contribution is 2.61. The second-order valence-electron chi connectivity index (χ2n) is 4.74. The van der Waals surface area contributed by atoms with Crippen LogP contribution in [0.4, 0.5) is 70.2 Å². The molecule has 0 saturated carbocycles.